The highest BCUT2D eigenvalue weighted by molar-refractivity contribution is 6.19. The molecule has 9 aromatic carbocycles. The Balaban J connectivity index is 1.01. The molecule has 0 N–H and O–H groups in total. The van der Waals surface area contributed by atoms with E-state index in [0.29, 0.717) is 0 Å². The second kappa shape index (κ2) is 12.6. The summed E-state index contributed by atoms with van der Waals surface area (Å²) in [4.78, 5) is 2.34. The first-order chi connectivity index (χ1) is 27.3. The van der Waals surface area contributed by atoms with Crippen LogP contribution in [0.15, 0.2) is 211 Å². The molecule has 55 heavy (non-hydrogen) atoms. The highest BCUT2D eigenvalue weighted by Gasteiger charge is 2.18. The van der Waals surface area contributed by atoms with Crippen molar-refractivity contribution in [3.05, 3.63) is 206 Å². The monoisotopic (exact) mass is 702 g/mol. The zero-order valence-electron chi connectivity index (χ0n) is 29.9. The van der Waals surface area contributed by atoms with Gasteiger partial charge in [-0.3, -0.25) is 0 Å². The number of benzene rings is 9. The fourth-order valence-corrected chi connectivity index (χ4v) is 8.43. The Labute approximate surface area is 318 Å². The molecule has 0 amide bonds. The van der Waals surface area contributed by atoms with E-state index >= 15 is 0 Å². The first kappa shape index (κ1) is 31.2. The van der Waals surface area contributed by atoms with Gasteiger partial charge in [0.05, 0.1) is 11.0 Å². The van der Waals surface area contributed by atoms with E-state index in [1.165, 1.54) is 38.3 Å². The van der Waals surface area contributed by atoms with Gasteiger partial charge in [0.2, 0.25) is 0 Å². The fraction of sp³-hybridized carbons (Fsp3) is 0. The lowest BCUT2D eigenvalue weighted by molar-refractivity contribution is 0.673. The third kappa shape index (κ3) is 5.13. The molecule has 0 spiro atoms. The van der Waals surface area contributed by atoms with Gasteiger partial charge in [0.1, 0.15) is 11.2 Å². The Kier molecular flexibility index (Phi) is 7.17. The van der Waals surface area contributed by atoms with Crippen LogP contribution < -0.4 is 4.90 Å². The first-order valence-electron chi connectivity index (χ1n) is 18.8. The normalized spacial score (nSPS) is 11.6. The molecule has 0 atom stereocenters. The maximum Gasteiger partial charge on any atom is 0.143 e. The molecule has 3 nitrogen and oxygen atoms in total. The summed E-state index contributed by atoms with van der Waals surface area (Å²) in [6.45, 7) is 0. The van der Waals surface area contributed by atoms with Crippen LogP contribution in [0.1, 0.15) is 0 Å². The molecule has 0 unspecified atom stereocenters. The average Bonchev–Trinajstić information content (AvgIpc) is 3.80. The van der Waals surface area contributed by atoms with Gasteiger partial charge >= 0.3 is 0 Å². The zero-order valence-corrected chi connectivity index (χ0v) is 29.9. The van der Waals surface area contributed by atoms with E-state index in [9.17, 15) is 0 Å². The van der Waals surface area contributed by atoms with Crippen LogP contribution in [0.5, 0.6) is 0 Å². The second-order valence-electron chi connectivity index (χ2n) is 14.1. The van der Waals surface area contributed by atoms with E-state index in [1.807, 2.05) is 0 Å². The van der Waals surface area contributed by atoms with E-state index in [0.717, 1.165) is 61.2 Å². The van der Waals surface area contributed by atoms with Crippen LogP contribution >= 0.6 is 0 Å². The Morgan fingerprint density at radius 2 is 0.927 bits per heavy atom. The molecular formula is C52H34N2O. The van der Waals surface area contributed by atoms with Crippen molar-refractivity contribution in [2.45, 2.75) is 0 Å². The lowest BCUT2D eigenvalue weighted by Crippen LogP contribution is -2.10. The minimum atomic E-state index is 0.893. The molecule has 0 radical (unpaired) electrons. The topological polar surface area (TPSA) is 21.3 Å². The van der Waals surface area contributed by atoms with Crippen LogP contribution in [0.2, 0.25) is 0 Å². The van der Waals surface area contributed by atoms with Crippen molar-refractivity contribution in [1.29, 1.82) is 0 Å². The molecule has 0 fully saturated rings. The summed E-state index contributed by atoms with van der Waals surface area (Å²) in [7, 11) is 0. The van der Waals surface area contributed by atoms with Gasteiger partial charge < -0.3 is 13.9 Å². The van der Waals surface area contributed by atoms with Crippen molar-refractivity contribution in [1.82, 2.24) is 4.57 Å². The van der Waals surface area contributed by atoms with Gasteiger partial charge in [-0.25, -0.2) is 0 Å². The summed E-state index contributed by atoms with van der Waals surface area (Å²) in [5, 5.41) is 7.08. The molecular weight excluding hydrogens is 669 g/mol. The standard InChI is InChI=1S/C52H34N2O/c1-3-14-36(15-4-1)46-34-48-47-32-37(28-31-51(47)55-52(48)45-23-8-7-20-42(45)46)35-26-29-39(30-27-35)53(38-16-5-2-6-17-38)40-18-13-19-41(33-40)54-49-24-11-9-21-43(49)44-22-10-12-25-50(44)54/h1-34H. The number of fused-ring (bicyclic) bond motifs is 8. The maximum atomic E-state index is 6.57. The zero-order chi connectivity index (χ0) is 36.3. The molecule has 2 aromatic heterocycles. The molecule has 11 rings (SSSR count). The number of anilines is 3. The van der Waals surface area contributed by atoms with Crippen LogP contribution in [0, 0.1) is 0 Å². The molecule has 0 saturated heterocycles. The number of rotatable bonds is 6. The molecule has 0 bridgehead atoms. The van der Waals surface area contributed by atoms with Gasteiger partial charge in [-0.1, -0.05) is 133 Å². The van der Waals surface area contributed by atoms with E-state index in [1.54, 1.807) is 0 Å². The fourth-order valence-electron chi connectivity index (χ4n) is 8.43. The van der Waals surface area contributed by atoms with Crippen molar-refractivity contribution < 1.29 is 4.42 Å². The number of hydrogen-bond acceptors (Lipinski definition) is 2. The van der Waals surface area contributed by atoms with E-state index in [-0.39, 0.29) is 0 Å². The van der Waals surface area contributed by atoms with Crippen molar-refractivity contribution in [2.75, 3.05) is 4.90 Å². The summed E-state index contributed by atoms with van der Waals surface area (Å²) >= 11 is 0. The molecule has 11 aromatic rings. The molecule has 3 heteroatoms. The van der Waals surface area contributed by atoms with Gasteiger partial charge in [-0.15, -0.1) is 0 Å². The lowest BCUT2D eigenvalue weighted by atomic mass is 9.95. The van der Waals surface area contributed by atoms with Crippen molar-refractivity contribution in [3.63, 3.8) is 0 Å². The molecule has 258 valence electrons. The third-order valence-corrected chi connectivity index (χ3v) is 11.0. The predicted octanol–water partition coefficient (Wildman–Crippen LogP) is 14.6. The Morgan fingerprint density at radius 3 is 1.65 bits per heavy atom. The Morgan fingerprint density at radius 1 is 0.345 bits per heavy atom. The quantitative estimate of drug-likeness (QED) is 0.172. The van der Waals surface area contributed by atoms with Gasteiger partial charge in [0.15, 0.2) is 0 Å². The van der Waals surface area contributed by atoms with Crippen LogP contribution in [-0.4, -0.2) is 4.57 Å². The minimum Gasteiger partial charge on any atom is -0.455 e. The molecule has 0 saturated carbocycles. The minimum absolute atomic E-state index is 0.893. The average molecular weight is 703 g/mol. The van der Waals surface area contributed by atoms with Crippen LogP contribution in [0.3, 0.4) is 0 Å². The Bertz CT molecular complexity index is 3140. The van der Waals surface area contributed by atoms with Gasteiger partial charge in [-0.2, -0.15) is 0 Å². The summed E-state index contributed by atoms with van der Waals surface area (Å²) in [5.41, 5.74) is 13.3. The lowest BCUT2D eigenvalue weighted by Gasteiger charge is -2.26. The SMILES string of the molecule is c1ccc(-c2cc3c4cc(-c5ccc(N(c6ccccc6)c6cccc(-n7c8ccccc8c8ccccc87)c6)cc5)ccc4oc3c3ccccc23)cc1. The number of nitrogens with zero attached hydrogens (tertiary/aromatic N) is 2. The number of furan rings is 1. The van der Waals surface area contributed by atoms with E-state index in [4.69, 9.17) is 4.42 Å². The molecule has 0 aliphatic carbocycles. The highest BCUT2D eigenvalue weighted by Crippen LogP contribution is 2.42. The van der Waals surface area contributed by atoms with Crippen LogP contribution in [-0.2, 0) is 0 Å². The van der Waals surface area contributed by atoms with E-state index in [2.05, 4.69) is 216 Å². The smallest absolute Gasteiger partial charge is 0.143 e. The predicted molar refractivity (Wildman–Crippen MR) is 231 cm³/mol. The summed E-state index contributed by atoms with van der Waals surface area (Å²) in [6, 6.07) is 73.8. The highest BCUT2D eigenvalue weighted by atomic mass is 16.3. The maximum absolute atomic E-state index is 6.57. The van der Waals surface area contributed by atoms with Gasteiger partial charge in [0, 0.05) is 49.7 Å². The Hall–Kier alpha value is -7.36. The van der Waals surface area contributed by atoms with Crippen molar-refractivity contribution in [3.8, 4) is 27.9 Å². The number of para-hydroxylation sites is 3. The summed E-state index contributed by atoms with van der Waals surface area (Å²) in [5.74, 6) is 0. The second-order valence-corrected chi connectivity index (χ2v) is 14.1. The summed E-state index contributed by atoms with van der Waals surface area (Å²) in [6.07, 6.45) is 0. The third-order valence-electron chi connectivity index (χ3n) is 11.0. The van der Waals surface area contributed by atoms with Crippen molar-refractivity contribution in [2.24, 2.45) is 0 Å². The first-order valence-corrected chi connectivity index (χ1v) is 18.8. The van der Waals surface area contributed by atoms with E-state index < -0.39 is 0 Å². The largest absolute Gasteiger partial charge is 0.455 e. The van der Waals surface area contributed by atoms with Crippen LogP contribution in [0.25, 0.3) is 82.5 Å². The number of hydrogen-bond donors (Lipinski definition) is 0. The summed E-state index contributed by atoms with van der Waals surface area (Å²) < 4.78 is 8.95. The van der Waals surface area contributed by atoms with Crippen molar-refractivity contribution >= 4 is 71.6 Å². The van der Waals surface area contributed by atoms with Gasteiger partial charge in [-0.05, 0) is 100 Å². The van der Waals surface area contributed by atoms with Gasteiger partial charge in [0.25, 0.3) is 0 Å². The molecule has 0 aliphatic heterocycles. The molecule has 0 aliphatic rings. The van der Waals surface area contributed by atoms with Crippen LogP contribution in [0.4, 0.5) is 17.1 Å². The number of aromatic nitrogens is 1. The molecule has 2 heterocycles.